The smallest absolute Gasteiger partial charge is 0.415 e. The van der Waals surface area contributed by atoms with E-state index < -0.39 is 37.0 Å². The maximum atomic E-state index is 13.0. The number of likely N-dealkylation sites (N-methyl/N-ethyl adjacent to an activating group) is 1. The van der Waals surface area contributed by atoms with Crippen LogP contribution in [0, 0.1) is 22.7 Å². The number of rotatable bonds is 9. The van der Waals surface area contributed by atoms with Gasteiger partial charge in [-0.05, 0) is 25.5 Å². The van der Waals surface area contributed by atoms with Crippen molar-refractivity contribution < 1.29 is 28.2 Å². The van der Waals surface area contributed by atoms with E-state index in [4.69, 9.17) is 11.6 Å². The summed E-state index contributed by atoms with van der Waals surface area (Å²) in [5.41, 5.74) is 1.26. The lowest BCUT2D eigenvalue weighted by Gasteiger charge is -2.43. The fraction of sp³-hybridized carbons (Fsp3) is 0.440. The van der Waals surface area contributed by atoms with Gasteiger partial charge >= 0.3 is 12.3 Å². The third-order valence-electron chi connectivity index (χ3n) is 6.92. The van der Waals surface area contributed by atoms with Gasteiger partial charge in [0, 0.05) is 39.3 Å². The summed E-state index contributed by atoms with van der Waals surface area (Å²) in [6.07, 6.45) is -7.21. The minimum Gasteiger partial charge on any atom is -0.465 e. The first-order valence-corrected chi connectivity index (χ1v) is 13.3. The Morgan fingerprint density at radius 3 is 2.70 bits per heavy atom. The van der Waals surface area contributed by atoms with Crippen molar-refractivity contribution in [3.8, 4) is 12.1 Å². The fourth-order valence-electron chi connectivity index (χ4n) is 4.76. The number of halogens is 4. The van der Waals surface area contributed by atoms with E-state index in [0.717, 1.165) is 4.90 Å². The Balaban J connectivity index is 1.68. The van der Waals surface area contributed by atoms with Gasteiger partial charge in [0.2, 0.25) is 5.95 Å². The molecule has 0 aliphatic carbocycles. The molecular weight excluding hydrogens is 595 g/mol. The highest BCUT2D eigenvalue weighted by Gasteiger charge is 2.40. The van der Waals surface area contributed by atoms with Crippen molar-refractivity contribution in [2.45, 2.75) is 37.7 Å². The second-order valence-corrected chi connectivity index (χ2v) is 10.0. The molecule has 5 N–H and O–H groups in total. The summed E-state index contributed by atoms with van der Waals surface area (Å²) in [4.78, 5) is 23.0. The molecule has 1 saturated heterocycles. The number of aliphatic hydroxyl groups is 1. The van der Waals surface area contributed by atoms with E-state index in [0.29, 0.717) is 23.7 Å². The van der Waals surface area contributed by atoms with Crippen LogP contribution in [0.25, 0.3) is 5.65 Å². The van der Waals surface area contributed by atoms with Crippen LogP contribution in [0.15, 0.2) is 18.3 Å². The molecule has 18 heteroatoms. The number of anilines is 4. The van der Waals surface area contributed by atoms with Gasteiger partial charge in [0.05, 0.1) is 40.3 Å². The first kappa shape index (κ1) is 31.4. The van der Waals surface area contributed by atoms with Crippen molar-refractivity contribution in [1.82, 2.24) is 29.8 Å². The third-order valence-corrected chi connectivity index (χ3v) is 7.31. The van der Waals surface area contributed by atoms with Gasteiger partial charge in [-0.25, -0.2) is 9.78 Å². The predicted octanol–water partition coefficient (Wildman–Crippen LogP) is 2.77. The Kier molecular flexibility index (Phi) is 9.29. The molecule has 0 bridgehead atoms. The van der Waals surface area contributed by atoms with Crippen molar-refractivity contribution in [3.05, 3.63) is 34.6 Å². The van der Waals surface area contributed by atoms with Crippen LogP contribution in [-0.4, -0.2) is 98.4 Å². The SMILES string of the molecule is CCNc1nc(Nc2cc(C#N)cc(N3CC[C@H](N(C)C(=O)O)[C@@H](NCC(O)C(F)(F)F)C3)c2Cl)nn2c(C#N)cnc12. The summed E-state index contributed by atoms with van der Waals surface area (Å²) >= 11 is 6.79. The molecule has 43 heavy (non-hydrogen) atoms. The fourth-order valence-corrected chi connectivity index (χ4v) is 5.03. The van der Waals surface area contributed by atoms with Crippen LogP contribution in [0.3, 0.4) is 0 Å². The zero-order valence-electron chi connectivity index (χ0n) is 22.9. The molecular formula is C25H27ClF3N11O3. The molecule has 14 nitrogen and oxygen atoms in total. The summed E-state index contributed by atoms with van der Waals surface area (Å²) in [5.74, 6) is 0.372. The lowest BCUT2D eigenvalue weighted by Crippen LogP contribution is -2.61. The monoisotopic (exact) mass is 621 g/mol. The van der Waals surface area contributed by atoms with Crippen molar-refractivity contribution in [1.29, 1.82) is 10.5 Å². The largest absolute Gasteiger partial charge is 0.465 e. The highest BCUT2D eigenvalue weighted by molar-refractivity contribution is 6.36. The molecule has 4 rings (SSSR count). The molecule has 1 aliphatic rings. The number of amides is 1. The number of piperidine rings is 1. The number of aliphatic hydroxyl groups excluding tert-OH is 1. The van der Waals surface area contributed by atoms with E-state index in [2.05, 4.69) is 31.0 Å². The number of nitrogens with zero attached hydrogens (tertiary/aromatic N) is 8. The highest BCUT2D eigenvalue weighted by atomic mass is 35.5. The number of aromatic nitrogens is 4. The topological polar surface area (TPSA) is 191 Å². The van der Waals surface area contributed by atoms with Crippen LogP contribution in [0.4, 0.5) is 41.1 Å². The van der Waals surface area contributed by atoms with Gasteiger partial charge in [-0.1, -0.05) is 11.6 Å². The van der Waals surface area contributed by atoms with Gasteiger partial charge in [0.15, 0.2) is 23.3 Å². The van der Waals surface area contributed by atoms with E-state index in [1.165, 1.54) is 29.9 Å². The molecule has 0 saturated carbocycles. The van der Waals surface area contributed by atoms with Crippen LogP contribution >= 0.6 is 11.6 Å². The number of alkyl halides is 3. The van der Waals surface area contributed by atoms with Gasteiger partial charge in [0.25, 0.3) is 0 Å². The van der Waals surface area contributed by atoms with E-state index in [9.17, 15) is 38.7 Å². The van der Waals surface area contributed by atoms with Gasteiger partial charge in [-0.2, -0.15) is 33.2 Å². The number of nitriles is 2. The lowest BCUT2D eigenvalue weighted by molar-refractivity contribution is -0.202. The van der Waals surface area contributed by atoms with E-state index in [1.54, 1.807) is 4.90 Å². The average molecular weight is 622 g/mol. The van der Waals surface area contributed by atoms with Crippen LogP contribution in [0.2, 0.25) is 5.02 Å². The maximum absolute atomic E-state index is 13.0. The normalized spacial score (nSPS) is 17.7. The van der Waals surface area contributed by atoms with E-state index in [-0.39, 0.29) is 47.4 Å². The standard InChI is InChI=1S/C25H27ClF3N11O3/c1-3-32-21-22-34-10-14(9-31)40(22)37-23(36-21)35-15-6-13(8-30)7-18(20(15)26)39-5-4-17(38(2)24(42)43)16(12-39)33-11-19(41)25(27,28)29/h6-7,10,16-17,19,33,41H,3-5,11-12H2,1-2H3,(H,42,43)(H2,32,35,36,37)/t16-,17-,19?/m0/s1. The molecule has 228 valence electrons. The first-order valence-electron chi connectivity index (χ1n) is 13.0. The lowest BCUT2D eigenvalue weighted by atomic mass is 9.96. The molecule has 0 radical (unpaired) electrons. The minimum absolute atomic E-state index is 0.00843. The number of imidazole rings is 1. The highest BCUT2D eigenvalue weighted by Crippen LogP contribution is 2.37. The quantitative estimate of drug-likeness (QED) is 0.235. The van der Waals surface area contributed by atoms with Crippen molar-refractivity contribution in [2.24, 2.45) is 0 Å². The van der Waals surface area contributed by atoms with Gasteiger partial charge in [-0.3, -0.25) is 0 Å². The number of nitrogens with one attached hydrogen (secondary N) is 3. The van der Waals surface area contributed by atoms with Crippen molar-refractivity contribution >= 4 is 46.5 Å². The summed E-state index contributed by atoms with van der Waals surface area (Å²) in [5, 5.41) is 51.4. The second kappa shape index (κ2) is 12.7. The van der Waals surface area contributed by atoms with Crippen molar-refractivity contribution in [3.63, 3.8) is 0 Å². The predicted molar refractivity (Wildman–Crippen MR) is 149 cm³/mol. The molecule has 3 aromatic rings. The van der Waals surface area contributed by atoms with E-state index in [1.807, 2.05) is 19.1 Å². The molecule has 0 spiro atoms. The number of carboxylic acid groups (broad SMARTS) is 1. The Hall–Kier alpha value is -4.58. The summed E-state index contributed by atoms with van der Waals surface area (Å²) in [6, 6.07) is 5.48. The summed E-state index contributed by atoms with van der Waals surface area (Å²) < 4.78 is 40.2. The molecule has 3 heterocycles. The van der Waals surface area contributed by atoms with Crippen LogP contribution in [0.5, 0.6) is 0 Å². The minimum atomic E-state index is -4.86. The van der Waals surface area contributed by atoms with Gasteiger partial charge in [0.1, 0.15) is 6.07 Å². The Bertz CT molecular complexity index is 1590. The van der Waals surface area contributed by atoms with Crippen LogP contribution < -0.4 is 20.9 Å². The number of hydrogen-bond donors (Lipinski definition) is 5. The second-order valence-electron chi connectivity index (χ2n) is 9.67. The average Bonchev–Trinajstić information content (AvgIpc) is 3.39. The Morgan fingerprint density at radius 2 is 2.07 bits per heavy atom. The molecule has 1 aliphatic heterocycles. The summed E-state index contributed by atoms with van der Waals surface area (Å²) in [6.45, 7) is 1.76. The number of fused-ring (bicyclic) bond motifs is 1. The Morgan fingerprint density at radius 1 is 1.33 bits per heavy atom. The number of hydrogen-bond acceptors (Lipinski definition) is 11. The first-order chi connectivity index (χ1) is 20.4. The zero-order valence-corrected chi connectivity index (χ0v) is 23.6. The molecule has 2 aromatic heterocycles. The third kappa shape index (κ3) is 6.75. The van der Waals surface area contributed by atoms with Crippen LogP contribution in [0.1, 0.15) is 24.6 Å². The molecule has 1 unspecified atom stereocenters. The zero-order chi connectivity index (χ0) is 31.5. The molecule has 1 fully saturated rings. The van der Waals surface area contributed by atoms with E-state index >= 15 is 0 Å². The number of benzene rings is 1. The van der Waals surface area contributed by atoms with Crippen molar-refractivity contribution in [2.75, 3.05) is 48.8 Å². The molecule has 1 aromatic carbocycles. The molecule has 3 atom stereocenters. The van der Waals surface area contributed by atoms with Crippen LogP contribution in [-0.2, 0) is 0 Å². The molecule has 1 amide bonds. The van der Waals surface area contributed by atoms with Gasteiger partial charge in [-0.15, -0.1) is 5.10 Å². The Labute approximate surface area is 248 Å². The summed E-state index contributed by atoms with van der Waals surface area (Å²) in [7, 11) is 1.32. The van der Waals surface area contributed by atoms with Gasteiger partial charge < -0.3 is 36.0 Å². The maximum Gasteiger partial charge on any atom is 0.415 e. The number of carbonyl (C=O) groups is 1.